The van der Waals surface area contributed by atoms with E-state index in [-0.39, 0.29) is 0 Å². The molecule has 0 fully saturated rings. The number of hydrogen-bond acceptors (Lipinski definition) is 2. The van der Waals surface area contributed by atoms with Gasteiger partial charge in [-0.2, -0.15) is 0 Å². The van der Waals surface area contributed by atoms with E-state index in [0.29, 0.717) is 5.92 Å². The predicted molar refractivity (Wildman–Crippen MR) is 106 cm³/mol. The summed E-state index contributed by atoms with van der Waals surface area (Å²) in [6.07, 6.45) is 4.64. The molecule has 3 rings (SSSR count). The van der Waals surface area contributed by atoms with Crippen LogP contribution in [0, 0.1) is 5.92 Å². The first-order chi connectivity index (χ1) is 12.1. The lowest BCUT2D eigenvalue weighted by Gasteiger charge is -2.29. The lowest BCUT2D eigenvalue weighted by Crippen LogP contribution is -2.19. The number of aryl methyl sites for hydroxylation is 1. The smallest absolute Gasteiger partial charge is 0.121 e. The molecule has 1 aromatic carbocycles. The van der Waals surface area contributed by atoms with Gasteiger partial charge in [0.1, 0.15) is 5.76 Å². The largest absolute Gasteiger partial charge is 0.497 e. The molecular formula is C23H29NO. The summed E-state index contributed by atoms with van der Waals surface area (Å²) in [5.41, 5.74) is 7.42. The standard InChI is InChI=1S/C23H29NO/c1-6-17-12-13-20-19(14-17)22(18-10-8-7-9-11-18)21(16(4)25-5)23(24-20)15(2)3/h7-11,15,17H,4,6,12-14H2,1-3,5H3. The van der Waals surface area contributed by atoms with Gasteiger partial charge in [-0.1, -0.05) is 64.1 Å². The van der Waals surface area contributed by atoms with Gasteiger partial charge < -0.3 is 4.74 Å². The van der Waals surface area contributed by atoms with Crippen molar-refractivity contribution in [3.8, 4) is 11.1 Å². The van der Waals surface area contributed by atoms with Crippen LogP contribution in [0.2, 0.25) is 0 Å². The molecule has 0 aliphatic heterocycles. The Labute approximate surface area is 152 Å². The van der Waals surface area contributed by atoms with Crippen LogP contribution < -0.4 is 0 Å². The molecule has 1 aromatic heterocycles. The van der Waals surface area contributed by atoms with Crippen LogP contribution >= 0.6 is 0 Å². The molecule has 2 aromatic rings. The second kappa shape index (κ2) is 7.43. The molecule has 0 radical (unpaired) electrons. The summed E-state index contributed by atoms with van der Waals surface area (Å²) in [4.78, 5) is 5.10. The minimum Gasteiger partial charge on any atom is -0.497 e. The van der Waals surface area contributed by atoms with E-state index < -0.39 is 0 Å². The first-order valence-electron chi connectivity index (χ1n) is 9.41. The average molecular weight is 335 g/mol. The van der Waals surface area contributed by atoms with Gasteiger partial charge in [-0.05, 0) is 47.8 Å². The maximum absolute atomic E-state index is 5.60. The van der Waals surface area contributed by atoms with Crippen molar-refractivity contribution in [3.05, 3.63) is 59.4 Å². The number of fused-ring (bicyclic) bond motifs is 1. The second-order valence-corrected chi connectivity index (χ2v) is 7.34. The molecular weight excluding hydrogens is 306 g/mol. The zero-order chi connectivity index (χ0) is 18.0. The Balaban J connectivity index is 2.33. The van der Waals surface area contributed by atoms with Crippen LogP contribution in [0.1, 0.15) is 62.0 Å². The molecule has 25 heavy (non-hydrogen) atoms. The molecule has 1 heterocycles. The average Bonchev–Trinajstić information content (AvgIpc) is 2.65. The highest BCUT2D eigenvalue weighted by Crippen LogP contribution is 2.41. The number of nitrogens with zero attached hydrogens (tertiary/aromatic N) is 1. The molecule has 0 saturated carbocycles. The quantitative estimate of drug-likeness (QED) is 0.625. The van der Waals surface area contributed by atoms with Crippen LogP contribution in [0.25, 0.3) is 16.9 Å². The van der Waals surface area contributed by atoms with Crippen molar-refractivity contribution in [3.63, 3.8) is 0 Å². The molecule has 0 N–H and O–H groups in total. The molecule has 2 heteroatoms. The molecule has 0 amide bonds. The van der Waals surface area contributed by atoms with Gasteiger partial charge in [0.2, 0.25) is 0 Å². The fourth-order valence-corrected chi connectivity index (χ4v) is 3.92. The number of hydrogen-bond donors (Lipinski definition) is 0. The molecule has 1 aliphatic carbocycles. The van der Waals surface area contributed by atoms with Crippen LogP contribution in [0.4, 0.5) is 0 Å². The van der Waals surface area contributed by atoms with E-state index in [1.54, 1.807) is 7.11 Å². The van der Waals surface area contributed by atoms with Gasteiger partial charge in [-0.25, -0.2) is 0 Å². The van der Waals surface area contributed by atoms with Crippen molar-refractivity contribution < 1.29 is 4.74 Å². The van der Waals surface area contributed by atoms with Crippen LogP contribution in [0.3, 0.4) is 0 Å². The molecule has 2 nitrogen and oxygen atoms in total. The summed E-state index contributed by atoms with van der Waals surface area (Å²) in [5.74, 6) is 1.79. The Morgan fingerprint density at radius 1 is 1.28 bits per heavy atom. The maximum Gasteiger partial charge on any atom is 0.121 e. The minimum absolute atomic E-state index is 0.332. The third-order valence-electron chi connectivity index (χ3n) is 5.41. The molecule has 0 spiro atoms. The van der Waals surface area contributed by atoms with Gasteiger partial charge in [0.15, 0.2) is 0 Å². The fourth-order valence-electron chi connectivity index (χ4n) is 3.92. The van der Waals surface area contributed by atoms with Gasteiger partial charge in [-0.15, -0.1) is 0 Å². The first kappa shape index (κ1) is 17.7. The second-order valence-electron chi connectivity index (χ2n) is 7.34. The summed E-state index contributed by atoms with van der Waals surface area (Å²) >= 11 is 0. The van der Waals surface area contributed by atoms with Crippen LogP contribution in [-0.2, 0) is 17.6 Å². The topological polar surface area (TPSA) is 22.1 Å². The first-order valence-corrected chi connectivity index (χ1v) is 9.41. The fraction of sp³-hybridized carbons (Fsp3) is 0.435. The summed E-state index contributed by atoms with van der Waals surface area (Å²) in [7, 11) is 1.70. The number of ether oxygens (including phenoxy) is 1. The Morgan fingerprint density at radius 2 is 2.00 bits per heavy atom. The summed E-state index contributed by atoms with van der Waals surface area (Å²) in [5, 5.41) is 0. The third-order valence-corrected chi connectivity index (χ3v) is 5.41. The lowest BCUT2D eigenvalue weighted by molar-refractivity contribution is 0.370. The number of aromatic nitrogens is 1. The highest BCUT2D eigenvalue weighted by molar-refractivity contribution is 5.83. The molecule has 132 valence electrons. The lowest BCUT2D eigenvalue weighted by atomic mass is 9.79. The Kier molecular flexibility index (Phi) is 5.27. The predicted octanol–water partition coefficient (Wildman–Crippen LogP) is 6.00. The van der Waals surface area contributed by atoms with E-state index in [9.17, 15) is 0 Å². The Bertz CT molecular complexity index is 761. The van der Waals surface area contributed by atoms with Crippen LogP contribution in [-0.4, -0.2) is 12.1 Å². The highest BCUT2D eigenvalue weighted by Gasteiger charge is 2.28. The number of benzene rings is 1. The van der Waals surface area contributed by atoms with E-state index in [1.807, 2.05) is 0 Å². The monoisotopic (exact) mass is 335 g/mol. The van der Waals surface area contributed by atoms with E-state index >= 15 is 0 Å². The SMILES string of the molecule is C=C(OC)c1c(C(C)C)nc2c(c1-c1ccccc1)CC(CC)CC2. The minimum atomic E-state index is 0.332. The number of pyridine rings is 1. The van der Waals surface area contributed by atoms with Gasteiger partial charge >= 0.3 is 0 Å². The maximum atomic E-state index is 5.60. The molecule has 0 saturated heterocycles. The van der Waals surface area contributed by atoms with E-state index in [2.05, 4.69) is 57.7 Å². The highest BCUT2D eigenvalue weighted by atomic mass is 16.5. The Morgan fingerprint density at radius 3 is 2.60 bits per heavy atom. The third kappa shape index (κ3) is 3.35. The van der Waals surface area contributed by atoms with Gasteiger partial charge in [0, 0.05) is 11.3 Å². The van der Waals surface area contributed by atoms with E-state index in [1.165, 1.54) is 35.2 Å². The number of rotatable bonds is 5. The van der Waals surface area contributed by atoms with Crippen molar-refractivity contribution in [2.75, 3.05) is 7.11 Å². The normalized spacial score (nSPS) is 16.6. The van der Waals surface area contributed by atoms with Gasteiger partial charge in [-0.3, -0.25) is 4.98 Å². The molecule has 1 atom stereocenters. The van der Waals surface area contributed by atoms with Gasteiger partial charge in [0.05, 0.1) is 12.8 Å². The van der Waals surface area contributed by atoms with Crippen LogP contribution in [0.15, 0.2) is 36.9 Å². The summed E-state index contributed by atoms with van der Waals surface area (Å²) in [6.45, 7) is 10.9. The van der Waals surface area contributed by atoms with E-state index in [4.69, 9.17) is 9.72 Å². The van der Waals surface area contributed by atoms with Gasteiger partial charge in [0.25, 0.3) is 0 Å². The van der Waals surface area contributed by atoms with Crippen molar-refractivity contribution in [1.29, 1.82) is 0 Å². The van der Waals surface area contributed by atoms with Crippen molar-refractivity contribution in [2.24, 2.45) is 5.92 Å². The molecule has 1 aliphatic rings. The zero-order valence-electron chi connectivity index (χ0n) is 15.9. The van der Waals surface area contributed by atoms with Crippen molar-refractivity contribution >= 4 is 5.76 Å². The zero-order valence-corrected chi connectivity index (χ0v) is 15.9. The van der Waals surface area contributed by atoms with Crippen molar-refractivity contribution in [1.82, 2.24) is 4.98 Å². The molecule has 1 unspecified atom stereocenters. The van der Waals surface area contributed by atoms with Crippen molar-refractivity contribution in [2.45, 2.75) is 52.4 Å². The number of methoxy groups -OCH3 is 1. The molecule has 0 bridgehead atoms. The summed E-state index contributed by atoms with van der Waals surface area (Å²) < 4.78 is 5.60. The van der Waals surface area contributed by atoms with E-state index in [0.717, 1.165) is 35.8 Å². The van der Waals surface area contributed by atoms with Crippen LogP contribution in [0.5, 0.6) is 0 Å². The Hall–Kier alpha value is -2.09. The summed E-state index contributed by atoms with van der Waals surface area (Å²) in [6, 6.07) is 10.7.